The maximum Gasteiger partial charge on any atom is 0.223 e. The molecule has 17 heavy (non-hydrogen) atoms. The van der Waals surface area contributed by atoms with Crippen molar-refractivity contribution >= 4 is 11.9 Å². The summed E-state index contributed by atoms with van der Waals surface area (Å²) in [5.41, 5.74) is 5.85. The van der Waals surface area contributed by atoms with Crippen LogP contribution in [0, 0.1) is 5.92 Å². The van der Waals surface area contributed by atoms with Gasteiger partial charge in [-0.05, 0) is 12.8 Å². The van der Waals surface area contributed by atoms with E-state index in [0.29, 0.717) is 32.3 Å². The maximum atomic E-state index is 11.3. The highest BCUT2D eigenvalue weighted by molar-refractivity contribution is 5.81. The van der Waals surface area contributed by atoms with Gasteiger partial charge < -0.3 is 20.7 Å². The van der Waals surface area contributed by atoms with Gasteiger partial charge >= 0.3 is 0 Å². The highest BCUT2D eigenvalue weighted by Crippen LogP contribution is 2.28. The van der Waals surface area contributed by atoms with E-state index in [1.807, 2.05) is 4.90 Å². The smallest absolute Gasteiger partial charge is 0.223 e. The van der Waals surface area contributed by atoms with Crippen LogP contribution in [0.1, 0.15) is 12.8 Å². The second-order valence-corrected chi connectivity index (χ2v) is 4.40. The van der Waals surface area contributed by atoms with Gasteiger partial charge in [0.15, 0.2) is 5.96 Å². The second-order valence-electron chi connectivity index (χ2n) is 4.40. The lowest BCUT2D eigenvalue weighted by atomic mass is 10.4. The molecule has 0 aromatic heterocycles. The molecule has 1 heterocycles. The summed E-state index contributed by atoms with van der Waals surface area (Å²) in [5.74, 6) is 0.967. The number of amides is 1. The normalized spacial score (nSPS) is 21.4. The Morgan fingerprint density at radius 2 is 2.12 bits per heavy atom. The molecule has 6 heteroatoms. The van der Waals surface area contributed by atoms with Crippen LogP contribution in [0.5, 0.6) is 0 Å². The number of nitrogens with one attached hydrogen (secondary N) is 1. The van der Waals surface area contributed by atoms with E-state index in [1.54, 1.807) is 0 Å². The summed E-state index contributed by atoms with van der Waals surface area (Å²) in [6.07, 6.45) is 2.07. The molecule has 0 bridgehead atoms. The largest absolute Gasteiger partial charge is 0.378 e. The van der Waals surface area contributed by atoms with Gasteiger partial charge in [-0.15, -0.1) is 0 Å². The van der Waals surface area contributed by atoms with Crippen molar-refractivity contribution in [1.82, 2.24) is 10.2 Å². The van der Waals surface area contributed by atoms with Crippen molar-refractivity contribution in [2.75, 3.05) is 39.4 Å². The van der Waals surface area contributed by atoms with Crippen molar-refractivity contribution in [3.05, 3.63) is 0 Å². The first-order chi connectivity index (χ1) is 8.27. The van der Waals surface area contributed by atoms with Gasteiger partial charge in [-0.25, -0.2) is 0 Å². The standard InChI is InChI=1S/C11H20N4O2/c12-11(15-5-7-17-8-6-15)14-4-3-13-10(16)9-1-2-9/h9H,1-8H2,(H2,12,14)(H,13,16). The van der Waals surface area contributed by atoms with Crippen LogP contribution >= 0.6 is 0 Å². The summed E-state index contributed by atoms with van der Waals surface area (Å²) in [6.45, 7) is 4.11. The van der Waals surface area contributed by atoms with Crippen LogP contribution in [0.4, 0.5) is 0 Å². The number of carbonyl (C=O) groups excluding carboxylic acids is 1. The molecule has 2 fully saturated rings. The zero-order chi connectivity index (χ0) is 12.1. The Balaban J connectivity index is 1.62. The third-order valence-electron chi connectivity index (χ3n) is 2.97. The summed E-state index contributed by atoms with van der Waals surface area (Å²) in [6, 6.07) is 0. The van der Waals surface area contributed by atoms with Crippen molar-refractivity contribution in [3.63, 3.8) is 0 Å². The van der Waals surface area contributed by atoms with Crippen molar-refractivity contribution in [2.24, 2.45) is 16.6 Å². The van der Waals surface area contributed by atoms with Crippen LogP contribution < -0.4 is 11.1 Å². The SMILES string of the molecule is NC(=NCCNC(=O)C1CC1)N1CCOCC1. The molecule has 96 valence electrons. The quantitative estimate of drug-likeness (QED) is 0.381. The number of carbonyl (C=O) groups is 1. The third-order valence-corrected chi connectivity index (χ3v) is 2.97. The van der Waals surface area contributed by atoms with Crippen LogP contribution in [0.15, 0.2) is 4.99 Å². The average molecular weight is 240 g/mol. The van der Waals surface area contributed by atoms with Crippen LogP contribution in [0.3, 0.4) is 0 Å². The molecule has 6 nitrogen and oxygen atoms in total. The van der Waals surface area contributed by atoms with Gasteiger partial charge in [0.05, 0.1) is 19.8 Å². The van der Waals surface area contributed by atoms with Crippen LogP contribution in [0.2, 0.25) is 0 Å². The lowest BCUT2D eigenvalue weighted by molar-refractivity contribution is -0.122. The number of nitrogens with two attached hydrogens (primary N) is 1. The van der Waals surface area contributed by atoms with E-state index in [0.717, 1.165) is 25.9 Å². The Hall–Kier alpha value is -1.30. The lowest BCUT2D eigenvalue weighted by Gasteiger charge is -2.27. The number of hydrogen-bond donors (Lipinski definition) is 2. The number of ether oxygens (including phenoxy) is 1. The lowest BCUT2D eigenvalue weighted by Crippen LogP contribution is -2.45. The molecule has 0 radical (unpaired) electrons. The molecule has 1 saturated heterocycles. The molecule has 0 aromatic rings. The predicted molar refractivity (Wildman–Crippen MR) is 64.6 cm³/mol. The molecular weight excluding hydrogens is 220 g/mol. The molecule has 1 saturated carbocycles. The number of hydrogen-bond acceptors (Lipinski definition) is 3. The summed E-state index contributed by atoms with van der Waals surface area (Å²) in [5, 5.41) is 2.86. The van der Waals surface area contributed by atoms with Gasteiger partial charge in [-0.1, -0.05) is 0 Å². The number of guanidine groups is 1. The summed E-state index contributed by atoms with van der Waals surface area (Å²) in [7, 11) is 0. The van der Waals surface area contributed by atoms with Crippen molar-refractivity contribution < 1.29 is 9.53 Å². The Morgan fingerprint density at radius 3 is 2.76 bits per heavy atom. The van der Waals surface area contributed by atoms with E-state index in [4.69, 9.17) is 10.5 Å². The van der Waals surface area contributed by atoms with Crippen LogP contribution in [0.25, 0.3) is 0 Å². The Labute approximate surface area is 101 Å². The molecule has 1 aliphatic heterocycles. The van der Waals surface area contributed by atoms with Crippen LogP contribution in [-0.2, 0) is 9.53 Å². The molecule has 0 aromatic carbocycles. The summed E-state index contributed by atoms with van der Waals surface area (Å²) in [4.78, 5) is 17.6. The van der Waals surface area contributed by atoms with Crippen molar-refractivity contribution in [1.29, 1.82) is 0 Å². The number of nitrogens with zero attached hydrogens (tertiary/aromatic N) is 2. The van der Waals surface area contributed by atoms with Crippen molar-refractivity contribution in [2.45, 2.75) is 12.8 Å². The Morgan fingerprint density at radius 1 is 1.41 bits per heavy atom. The molecule has 0 spiro atoms. The number of aliphatic imine (C=N–C) groups is 1. The predicted octanol–water partition coefficient (Wildman–Crippen LogP) is -0.840. The van der Waals surface area contributed by atoms with Gasteiger partial charge in [0.2, 0.25) is 5.91 Å². The van der Waals surface area contributed by atoms with E-state index in [-0.39, 0.29) is 11.8 Å². The molecule has 0 unspecified atom stereocenters. The minimum Gasteiger partial charge on any atom is -0.378 e. The highest BCUT2D eigenvalue weighted by atomic mass is 16.5. The number of morpholine rings is 1. The minimum absolute atomic E-state index is 0.158. The van der Waals surface area contributed by atoms with Gasteiger partial charge in [-0.2, -0.15) is 0 Å². The molecule has 3 N–H and O–H groups in total. The van der Waals surface area contributed by atoms with Gasteiger partial charge in [0.25, 0.3) is 0 Å². The van der Waals surface area contributed by atoms with Crippen LogP contribution in [-0.4, -0.2) is 56.2 Å². The van der Waals surface area contributed by atoms with E-state index < -0.39 is 0 Å². The summed E-state index contributed by atoms with van der Waals surface area (Å²) >= 11 is 0. The zero-order valence-corrected chi connectivity index (χ0v) is 10.0. The topological polar surface area (TPSA) is 79.9 Å². The van der Waals surface area contributed by atoms with E-state index in [2.05, 4.69) is 10.3 Å². The summed E-state index contributed by atoms with van der Waals surface area (Å²) < 4.78 is 5.23. The highest BCUT2D eigenvalue weighted by Gasteiger charge is 2.28. The molecule has 1 amide bonds. The van der Waals surface area contributed by atoms with E-state index in [9.17, 15) is 4.79 Å². The molecule has 0 atom stereocenters. The van der Waals surface area contributed by atoms with Gasteiger partial charge in [-0.3, -0.25) is 9.79 Å². The van der Waals surface area contributed by atoms with Gasteiger partial charge in [0, 0.05) is 25.6 Å². The first kappa shape index (κ1) is 12.2. The number of rotatable bonds is 4. The van der Waals surface area contributed by atoms with E-state index in [1.165, 1.54) is 0 Å². The van der Waals surface area contributed by atoms with Crippen molar-refractivity contribution in [3.8, 4) is 0 Å². The molecule has 2 rings (SSSR count). The van der Waals surface area contributed by atoms with Gasteiger partial charge in [0.1, 0.15) is 0 Å². The molecule has 1 aliphatic carbocycles. The Kier molecular flexibility index (Phi) is 4.19. The third kappa shape index (κ3) is 3.89. The monoisotopic (exact) mass is 240 g/mol. The Bertz CT molecular complexity index is 296. The maximum absolute atomic E-state index is 11.3. The zero-order valence-electron chi connectivity index (χ0n) is 10.0. The first-order valence-corrected chi connectivity index (χ1v) is 6.17. The first-order valence-electron chi connectivity index (χ1n) is 6.17. The fourth-order valence-electron chi connectivity index (χ4n) is 1.73. The molecular formula is C11H20N4O2. The second kappa shape index (κ2) is 5.86. The fraction of sp³-hybridized carbons (Fsp3) is 0.818. The average Bonchev–Trinajstić information content (AvgIpc) is 3.19. The molecule has 2 aliphatic rings. The fourth-order valence-corrected chi connectivity index (χ4v) is 1.73. The minimum atomic E-state index is 0.158. The van der Waals surface area contributed by atoms with E-state index >= 15 is 0 Å².